The van der Waals surface area contributed by atoms with E-state index in [9.17, 15) is 14.7 Å². The van der Waals surface area contributed by atoms with E-state index < -0.39 is 5.97 Å². The topological polar surface area (TPSA) is 63.6 Å². The van der Waals surface area contributed by atoms with Gasteiger partial charge in [-0.05, 0) is 56.8 Å². The molecule has 0 aromatic rings. The number of carbonyl (C=O) groups excluding carboxylic acids is 1. The van der Waals surface area contributed by atoms with E-state index in [4.69, 9.17) is 4.74 Å². The molecule has 2 fully saturated rings. The lowest BCUT2D eigenvalue weighted by atomic mass is 9.68. The number of carbonyl (C=O) groups is 2. The molecule has 4 heteroatoms. The first-order chi connectivity index (χ1) is 14.2. The molecule has 2 saturated carbocycles. The van der Waals surface area contributed by atoms with Crippen molar-refractivity contribution in [2.75, 3.05) is 0 Å². The van der Waals surface area contributed by atoms with Crippen LogP contribution in [0.15, 0.2) is 23.8 Å². The van der Waals surface area contributed by atoms with E-state index >= 15 is 0 Å². The molecule has 1 N–H and O–H groups in total. The lowest BCUT2D eigenvalue weighted by molar-refractivity contribution is -0.174. The number of hydrogen-bond donors (Lipinski definition) is 1. The van der Waals surface area contributed by atoms with Gasteiger partial charge in [-0.25, -0.2) is 9.59 Å². The summed E-state index contributed by atoms with van der Waals surface area (Å²) >= 11 is 0. The van der Waals surface area contributed by atoms with Crippen LogP contribution >= 0.6 is 0 Å². The summed E-state index contributed by atoms with van der Waals surface area (Å²) in [5, 5.41) is 9.22. The Hall–Kier alpha value is -1.58. The molecule has 0 aromatic heterocycles. The number of carboxylic acid groups (broad SMARTS) is 1. The predicted molar refractivity (Wildman–Crippen MR) is 128 cm³/mol. The molecule has 0 heterocycles. The molecule has 2 rings (SSSR count). The Morgan fingerprint density at radius 2 is 1.42 bits per heavy atom. The van der Waals surface area contributed by atoms with Crippen LogP contribution in [0.1, 0.15) is 113 Å². The fraction of sp³-hybridized carbons (Fsp3) is 0.778. The van der Waals surface area contributed by atoms with Gasteiger partial charge in [0.05, 0.1) is 0 Å². The zero-order valence-corrected chi connectivity index (χ0v) is 21.1. The van der Waals surface area contributed by atoms with Gasteiger partial charge in [0.15, 0.2) is 0 Å². The Balaban J connectivity index is 0.000000311. The van der Waals surface area contributed by atoms with Gasteiger partial charge in [-0.2, -0.15) is 0 Å². The van der Waals surface area contributed by atoms with Crippen LogP contribution in [0.5, 0.6) is 0 Å². The standard InChI is InChI=1S/C14H24O2.C13H22O2/c1-11(2)12(15)16-14(13(3,4)5)9-7-6-8-10-14;1-13(2,3)9-11(12(14)15)10-7-5-4-6-8-10/h1,6-10H2,2-5H3;9-10H,4-8H2,1-3H3,(H,14,15). The zero-order chi connectivity index (χ0) is 23.9. The highest BCUT2D eigenvalue weighted by molar-refractivity contribution is 5.87. The van der Waals surface area contributed by atoms with E-state index in [-0.39, 0.29) is 28.3 Å². The van der Waals surface area contributed by atoms with Gasteiger partial charge in [0.25, 0.3) is 0 Å². The summed E-state index contributed by atoms with van der Waals surface area (Å²) in [5.74, 6) is -0.677. The number of carboxylic acids is 1. The van der Waals surface area contributed by atoms with Crippen LogP contribution in [-0.2, 0) is 14.3 Å². The second-order valence-electron chi connectivity index (χ2n) is 11.6. The van der Waals surface area contributed by atoms with E-state index in [1.807, 2.05) is 6.08 Å². The molecule has 178 valence electrons. The largest absolute Gasteiger partial charge is 0.478 e. The van der Waals surface area contributed by atoms with Crippen LogP contribution in [0.25, 0.3) is 0 Å². The second kappa shape index (κ2) is 11.3. The van der Waals surface area contributed by atoms with Gasteiger partial charge in [0, 0.05) is 16.6 Å². The Kier molecular flexibility index (Phi) is 10.0. The molecule has 0 aromatic carbocycles. The van der Waals surface area contributed by atoms with Crippen LogP contribution in [0.4, 0.5) is 0 Å². The lowest BCUT2D eigenvalue weighted by Crippen LogP contribution is -2.48. The molecular formula is C27H46O4. The predicted octanol–water partition coefficient (Wildman–Crippen LogP) is 7.48. The summed E-state index contributed by atoms with van der Waals surface area (Å²) in [6.45, 7) is 18.0. The molecule has 4 nitrogen and oxygen atoms in total. The van der Waals surface area contributed by atoms with Gasteiger partial charge in [-0.1, -0.05) is 79.9 Å². The quantitative estimate of drug-likeness (QED) is 0.368. The molecule has 2 aliphatic carbocycles. The maximum absolute atomic E-state index is 11.7. The minimum absolute atomic E-state index is 0.00146. The van der Waals surface area contributed by atoms with Crippen molar-refractivity contribution in [2.24, 2.45) is 16.7 Å². The Morgan fingerprint density at radius 1 is 0.935 bits per heavy atom. The number of rotatable bonds is 4. The summed E-state index contributed by atoms with van der Waals surface area (Å²) in [4.78, 5) is 22.9. The first-order valence-corrected chi connectivity index (χ1v) is 12.0. The molecule has 0 radical (unpaired) electrons. The third kappa shape index (κ3) is 8.82. The molecular weight excluding hydrogens is 388 g/mol. The number of hydrogen-bond acceptors (Lipinski definition) is 3. The van der Waals surface area contributed by atoms with Gasteiger partial charge < -0.3 is 9.84 Å². The van der Waals surface area contributed by atoms with Crippen molar-refractivity contribution in [2.45, 2.75) is 118 Å². The number of aliphatic carboxylic acids is 1. The molecule has 0 amide bonds. The van der Waals surface area contributed by atoms with E-state index in [0.29, 0.717) is 11.1 Å². The van der Waals surface area contributed by atoms with E-state index in [1.165, 1.54) is 25.7 Å². The molecule has 0 unspecified atom stereocenters. The third-order valence-electron chi connectivity index (χ3n) is 6.55. The van der Waals surface area contributed by atoms with Crippen LogP contribution in [-0.4, -0.2) is 22.6 Å². The average Bonchev–Trinajstić information content (AvgIpc) is 2.66. The molecule has 0 aliphatic heterocycles. The highest BCUT2D eigenvalue weighted by atomic mass is 16.6. The van der Waals surface area contributed by atoms with Crippen molar-refractivity contribution >= 4 is 11.9 Å². The minimum Gasteiger partial charge on any atom is -0.478 e. The van der Waals surface area contributed by atoms with Crippen molar-refractivity contribution in [1.82, 2.24) is 0 Å². The molecule has 0 atom stereocenters. The second-order valence-corrected chi connectivity index (χ2v) is 11.6. The van der Waals surface area contributed by atoms with Gasteiger partial charge in [-0.15, -0.1) is 0 Å². The van der Waals surface area contributed by atoms with Crippen LogP contribution in [0.3, 0.4) is 0 Å². The maximum atomic E-state index is 11.7. The summed E-state index contributed by atoms with van der Waals surface area (Å²) in [7, 11) is 0. The Morgan fingerprint density at radius 3 is 1.81 bits per heavy atom. The van der Waals surface area contributed by atoms with Crippen molar-refractivity contribution in [3.05, 3.63) is 23.8 Å². The summed E-state index contributed by atoms with van der Waals surface area (Å²) in [5.41, 5.74) is 0.807. The molecule has 0 spiro atoms. The van der Waals surface area contributed by atoms with E-state index in [0.717, 1.165) is 38.5 Å². The normalized spacial score (nSPS) is 20.3. The summed E-state index contributed by atoms with van der Waals surface area (Å²) in [6, 6.07) is 0. The first kappa shape index (κ1) is 27.5. The average molecular weight is 435 g/mol. The zero-order valence-electron chi connectivity index (χ0n) is 21.1. The van der Waals surface area contributed by atoms with E-state index in [1.54, 1.807) is 6.92 Å². The fourth-order valence-electron chi connectivity index (χ4n) is 4.63. The third-order valence-corrected chi connectivity index (χ3v) is 6.55. The Bertz CT molecular complexity index is 646. The van der Waals surface area contributed by atoms with Crippen LogP contribution < -0.4 is 0 Å². The molecule has 0 bridgehead atoms. The van der Waals surface area contributed by atoms with Crippen molar-refractivity contribution in [1.29, 1.82) is 0 Å². The van der Waals surface area contributed by atoms with Crippen LogP contribution in [0.2, 0.25) is 0 Å². The summed E-state index contributed by atoms with van der Waals surface area (Å²) < 4.78 is 5.77. The maximum Gasteiger partial charge on any atom is 0.333 e. The monoisotopic (exact) mass is 434 g/mol. The number of esters is 1. The number of ether oxygens (including phenoxy) is 1. The highest BCUT2D eigenvalue weighted by Gasteiger charge is 2.46. The minimum atomic E-state index is -0.725. The molecule has 0 saturated heterocycles. The van der Waals surface area contributed by atoms with Crippen molar-refractivity contribution < 1.29 is 19.4 Å². The fourth-order valence-corrected chi connectivity index (χ4v) is 4.63. The van der Waals surface area contributed by atoms with Gasteiger partial charge in [0.2, 0.25) is 0 Å². The summed E-state index contributed by atoms with van der Waals surface area (Å²) in [6.07, 6.45) is 13.2. The Labute approximate surface area is 190 Å². The van der Waals surface area contributed by atoms with Gasteiger partial charge in [0.1, 0.15) is 5.60 Å². The van der Waals surface area contributed by atoms with E-state index in [2.05, 4.69) is 48.1 Å². The smallest absolute Gasteiger partial charge is 0.333 e. The number of allylic oxidation sites excluding steroid dienone is 1. The lowest BCUT2D eigenvalue weighted by Gasteiger charge is -2.46. The molecule has 2 aliphatic rings. The van der Waals surface area contributed by atoms with Crippen LogP contribution in [0, 0.1) is 16.7 Å². The van der Waals surface area contributed by atoms with Gasteiger partial charge >= 0.3 is 11.9 Å². The highest BCUT2D eigenvalue weighted by Crippen LogP contribution is 2.45. The van der Waals surface area contributed by atoms with Gasteiger partial charge in [-0.3, -0.25) is 0 Å². The molecule has 31 heavy (non-hydrogen) atoms. The SMILES string of the molecule is C=C(C)C(=O)OC1(C(C)(C)C)CCCCC1.CC(C)(C)C=C(C(=O)O)C1CCCCC1. The van der Waals surface area contributed by atoms with Crippen molar-refractivity contribution in [3.8, 4) is 0 Å². The first-order valence-electron chi connectivity index (χ1n) is 12.0. The van der Waals surface area contributed by atoms with Crippen molar-refractivity contribution in [3.63, 3.8) is 0 Å².